The van der Waals surface area contributed by atoms with Gasteiger partial charge in [-0.3, -0.25) is 9.59 Å². The molecule has 0 bridgehead atoms. The molecule has 98 valence electrons. The van der Waals surface area contributed by atoms with Crippen molar-refractivity contribution in [2.75, 3.05) is 0 Å². The predicted molar refractivity (Wildman–Crippen MR) is 69.7 cm³/mol. The van der Waals surface area contributed by atoms with Crippen molar-refractivity contribution in [1.82, 2.24) is 0 Å². The van der Waals surface area contributed by atoms with E-state index in [1.165, 1.54) is 0 Å². The van der Waals surface area contributed by atoms with Crippen molar-refractivity contribution in [3.05, 3.63) is 0 Å². The maximum atomic E-state index is 11.5. The fourth-order valence-corrected chi connectivity index (χ4v) is 1.43. The topological polar surface area (TPSA) is 63.6 Å². The van der Waals surface area contributed by atoms with Crippen molar-refractivity contribution in [3.8, 4) is 0 Å². The van der Waals surface area contributed by atoms with Crippen LogP contribution in [0.25, 0.3) is 0 Å². The first-order valence-electron chi connectivity index (χ1n) is 5.92. The van der Waals surface area contributed by atoms with Gasteiger partial charge in [-0.1, -0.05) is 32.6 Å². The van der Waals surface area contributed by atoms with Gasteiger partial charge in [0.1, 0.15) is 0 Å². The lowest BCUT2D eigenvalue weighted by molar-refractivity contribution is -0.161. The van der Waals surface area contributed by atoms with Gasteiger partial charge in [0.15, 0.2) is 5.92 Å². The molecule has 0 heterocycles. The van der Waals surface area contributed by atoms with Gasteiger partial charge < -0.3 is 9.84 Å². The summed E-state index contributed by atoms with van der Waals surface area (Å²) in [5, 5.41) is 8.91. The predicted octanol–water partition coefficient (Wildman–Crippen LogP) is 1.69. The van der Waals surface area contributed by atoms with Crippen LogP contribution in [0, 0.1) is 5.92 Å². The fraction of sp³-hybridized carbons (Fsp3) is 0.833. The maximum Gasteiger partial charge on any atom is 0.320 e. The van der Waals surface area contributed by atoms with E-state index in [9.17, 15) is 9.59 Å². The van der Waals surface area contributed by atoms with E-state index in [0.717, 1.165) is 25.7 Å². The van der Waals surface area contributed by atoms with Crippen LogP contribution in [-0.2, 0) is 14.3 Å². The van der Waals surface area contributed by atoms with Crippen molar-refractivity contribution in [1.29, 1.82) is 0 Å². The summed E-state index contributed by atoms with van der Waals surface area (Å²) < 4.78 is 4.91. The molecule has 1 N–H and O–H groups in total. The van der Waals surface area contributed by atoms with Crippen molar-refractivity contribution >= 4 is 35.0 Å². The molecule has 1 atom stereocenters. The molecule has 0 aliphatic heterocycles. The Balaban J connectivity index is 0. The third-order valence-electron chi connectivity index (χ3n) is 2.28. The highest BCUT2D eigenvalue weighted by Gasteiger charge is 2.27. The van der Waals surface area contributed by atoms with E-state index in [1.54, 1.807) is 13.8 Å². The molecule has 0 rings (SSSR count). The Hall–Kier alpha value is -0.294. The van der Waals surface area contributed by atoms with Crippen molar-refractivity contribution in [3.63, 3.8) is 0 Å². The number of carboxylic acid groups (broad SMARTS) is 1. The average Bonchev–Trinajstić information content (AvgIpc) is 2.15. The molecule has 0 aromatic heterocycles. The number of ether oxygens (including phenoxy) is 1. The summed E-state index contributed by atoms with van der Waals surface area (Å²) in [5.74, 6) is -2.69. The molecule has 0 aliphatic rings. The van der Waals surface area contributed by atoms with Gasteiger partial charge in [-0.2, -0.15) is 0 Å². The molecule has 4 nitrogen and oxygen atoms in total. The van der Waals surface area contributed by atoms with E-state index < -0.39 is 17.9 Å². The molecule has 17 heavy (non-hydrogen) atoms. The highest BCUT2D eigenvalue weighted by molar-refractivity contribution is 5.93. The maximum absolute atomic E-state index is 11.5. The lowest BCUT2D eigenvalue weighted by atomic mass is 10.0. The SMILES string of the molecule is CCCCCCC(C(=O)O)C(=O)OC(C)C.[MgH2]. The molecule has 0 aliphatic carbocycles. The normalized spacial score (nSPS) is 11.8. The molecule has 0 saturated carbocycles. The highest BCUT2D eigenvalue weighted by Crippen LogP contribution is 2.14. The monoisotopic (exact) mass is 256 g/mol. The number of rotatable bonds is 8. The van der Waals surface area contributed by atoms with Crippen LogP contribution in [0.2, 0.25) is 0 Å². The number of hydrogen-bond acceptors (Lipinski definition) is 3. The highest BCUT2D eigenvalue weighted by atomic mass is 24.3. The summed E-state index contributed by atoms with van der Waals surface area (Å²) in [6.45, 7) is 5.52. The molecule has 0 aromatic carbocycles. The second-order valence-corrected chi connectivity index (χ2v) is 4.23. The van der Waals surface area contributed by atoms with Gasteiger partial charge >= 0.3 is 35.0 Å². The van der Waals surface area contributed by atoms with Crippen LogP contribution in [0.5, 0.6) is 0 Å². The van der Waals surface area contributed by atoms with Crippen LogP contribution in [0.15, 0.2) is 0 Å². The summed E-state index contributed by atoms with van der Waals surface area (Å²) >= 11 is 0. The molecule has 0 fully saturated rings. The largest absolute Gasteiger partial charge is 0.481 e. The standard InChI is InChI=1S/C12H22O4.Mg.2H/c1-4-5-6-7-8-10(11(13)14)12(15)16-9(2)3;;;/h9-10H,4-8H2,1-3H3,(H,13,14);;;. The van der Waals surface area contributed by atoms with E-state index in [1.807, 2.05) is 0 Å². The van der Waals surface area contributed by atoms with Crippen LogP contribution < -0.4 is 0 Å². The van der Waals surface area contributed by atoms with Gasteiger partial charge in [0.2, 0.25) is 0 Å². The molecule has 0 radical (unpaired) electrons. The van der Waals surface area contributed by atoms with Gasteiger partial charge in [-0.25, -0.2) is 0 Å². The number of carbonyl (C=O) groups excluding carboxylic acids is 1. The number of esters is 1. The van der Waals surface area contributed by atoms with Crippen LogP contribution in [0.1, 0.15) is 52.9 Å². The molecular formula is C12H24MgO4. The molecule has 0 amide bonds. The fourth-order valence-electron chi connectivity index (χ4n) is 1.43. The molecule has 0 saturated heterocycles. The van der Waals surface area contributed by atoms with Gasteiger partial charge in [-0.05, 0) is 20.3 Å². The second kappa shape index (κ2) is 10.8. The Labute approximate surface area is 119 Å². The number of hydrogen-bond donors (Lipinski definition) is 1. The quantitative estimate of drug-likeness (QED) is 0.311. The van der Waals surface area contributed by atoms with Crippen molar-refractivity contribution in [2.45, 2.75) is 59.0 Å². The minimum absolute atomic E-state index is 0. The van der Waals surface area contributed by atoms with Crippen molar-refractivity contribution < 1.29 is 19.4 Å². The van der Waals surface area contributed by atoms with Crippen LogP contribution in [-0.4, -0.2) is 46.2 Å². The van der Waals surface area contributed by atoms with Crippen LogP contribution in [0.4, 0.5) is 0 Å². The van der Waals surface area contributed by atoms with E-state index in [-0.39, 0.29) is 29.2 Å². The Morgan fingerprint density at radius 1 is 1.18 bits per heavy atom. The average molecular weight is 257 g/mol. The van der Waals surface area contributed by atoms with E-state index in [0.29, 0.717) is 6.42 Å². The lowest BCUT2D eigenvalue weighted by Crippen LogP contribution is -2.27. The zero-order chi connectivity index (χ0) is 12.6. The van der Waals surface area contributed by atoms with Crippen molar-refractivity contribution in [2.24, 2.45) is 5.92 Å². The van der Waals surface area contributed by atoms with Crippen LogP contribution >= 0.6 is 0 Å². The van der Waals surface area contributed by atoms with Gasteiger partial charge in [-0.15, -0.1) is 0 Å². The minimum Gasteiger partial charge on any atom is -0.481 e. The number of unbranched alkanes of at least 4 members (excludes halogenated alkanes) is 3. The number of aliphatic carboxylic acids is 1. The molecule has 0 aromatic rings. The first-order chi connectivity index (χ1) is 7.49. The van der Waals surface area contributed by atoms with Gasteiger partial charge in [0.25, 0.3) is 0 Å². The summed E-state index contributed by atoms with van der Waals surface area (Å²) in [4.78, 5) is 22.3. The smallest absolute Gasteiger partial charge is 0.320 e. The first kappa shape index (κ1) is 19.1. The van der Waals surface area contributed by atoms with Gasteiger partial charge in [0.05, 0.1) is 6.10 Å². The summed E-state index contributed by atoms with van der Waals surface area (Å²) in [5.41, 5.74) is 0. The Morgan fingerprint density at radius 3 is 2.18 bits per heavy atom. The molecule has 1 unspecified atom stereocenters. The minimum atomic E-state index is -1.08. The Bertz CT molecular complexity index is 229. The summed E-state index contributed by atoms with van der Waals surface area (Å²) in [6.07, 6.45) is 4.01. The number of carbonyl (C=O) groups is 2. The van der Waals surface area contributed by atoms with E-state index in [4.69, 9.17) is 9.84 Å². The second-order valence-electron chi connectivity index (χ2n) is 4.23. The van der Waals surface area contributed by atoms with Crippen LogP contribution in [0.3, 0.4) is 0 Å². The third kappa shape index (κ3) is 9.41. The van der Waals surface area contributed by atoms with E-state index in [2.05, 4.69) is 6.92 Å². The molecule has 5 heteroatoms. The first-order valence-corrected chi connectivity index (χ1v) is 5.92. The molecule has 0 spiro atoms. The zero-order valence-electron chi connectivity index (χ0n) is 10.4. The zero-order valence-corrected chi connectivity index (χ0v) is 10.4. The summed E-state index contributed by atoms with van der Waals surface area (Å²) in [7, 11) is 0. The van der Waals surface area contributed by atoms with Gasteiger partial charge in [0, 0.05) is 0 Å². The number of carboxylic acids is 1. The Morgan fingerprint density at radius 2 is 1.76 bits per heavy atom. The Kier molecular flexibility index (Phi) is 12.1. The molecular weight excluding hydrogens is 232 g/mol. The third-order valence-corrected chi connectivity index (χ3v) is 2.28. The summed E-state index contributed by atoms with van der Waals surface area (Å²) in [6, 6.07) is 0. The van der Waals surface area contributed by atoms with E-state index >= 15 is 0 Å². The lowest BCUT2D eigenvalue weighted by Gasteiger charge is -2.13.